The molecule has 1 aromatic carbocycles. The summed E-state index contributed by atoms with van der Waals surface area (Å²) in [4.78, 5) is 16.0. The summed E-state index contributed by atoms with van der Waals surface area (Å²) in [5.41, 5.74) is 3.03. The van der Waals surface area contributed by atoms with Crippen LogP contribution in [0.3, 0.4) is 0 Å². The van der Waals surface area contributed by atoms with E-state index in [0.29, 0.717) is 0 Å². The average Bonchev–Trinajstić information content (AvgIpc) is 2.85. The van der Waals surface area contributed by atoms with E-state index < -0.39 is 0 Å². The molecule has 0 spiro atoms. The quantitative estimate of drug-likeness (QED) is 0.718. The normalized spacial score (nSPS) is 11.5. The molecule has 2 aromatic heterocycles. The van der Waals surface area contributed by atoms with Gasteiger partial charge in [0, 0.05) is 0 Å². The first-order chi connectivity index (χ1) is 8.42. The first kappa shape index (κ1) is 10.5. The Balaban J connectivity index is 1.76. The first-order valence-corrected chi connectivity index (χ1v) is 7.89. The second kappa shape index (κ2) is 4.68. The number of aromatic nitrogens is 4. The SMILES string of the molecule is c1ccc(C[AsH]c2ncc3nc[nH]c3n2)cc1. The summed E-state index contributed by atoms with van der Waals surface area (Å²) in [7, 11) is 0. The topological polar surface area (TPSA) is 54.5 Å². The molecular formula is C12H11AsN4. The molecule has 2 heterocycles. The molecule has 0 bridgehead atoms. The van der Waals surface area contributed by atoms with E-state index in [-0.39, 0.29) is 15.8 Å². The maximum atomic E-state index is 4.48. The molecule has 4 nitrogen and oxygen atoms in total. The molecule has 0 fully saturated rings. The molecule has 5 heteroatoms. The van der Waals surface area contributed by atoms with Crippen molar-refractivity contribution in [3.63, 3.8) is 0 Å². The molecule has 0 aliphatic heterocycles. The number of hydrogen-bond acceptors (Lipinski definition) is 3. The summed E-state index contributed by atoms with van der Waals surface area (Å²) in [6.45, 7) is 0. The standard InChI is InChI=1S/C12H11AsN4/c1-2-4-9(5-3-1)6-13-12-14-7-10-11(17-12)16-8-15-10/h1-5,7-8,13H,6H2,(H,14,15,16,17). The Morgan fingerprint density at radius 2 is 2.00 bits per heavy atom. The van der Waals surface area contributed by atoms with E-state index in [4.69, 9.17) is 0 Å². The number of nitrogens with one attached hydrogen (secondary N) is 1. The molecule has 1 atom stereocenters. The van der Waals surface area contributed by atoms with Gasteiger partial charge >= 0.3 is 105 Å². The number of hydrogen-bond donors (Lipinski definition) is 1. The van der Waals surface area contributed by atoms with Gasteiger partial charge in [-0.15, -0.1) is 0 Å². The van der Waals surface area contributed by atoms with Crippen molar-refractivity contribution in [2.75, 3.05) is 0 Å². The van der Waals surface area contributed by atoms with Gasteiger partial charge < -0.3 is 0 Å². The predicted octanol–water partition coefficient (Wildman–Crippen LogP) is 0.615. The zero-order chi connectivity index (χ0) is 11.5. The number of H-pyrrole nitrogens is 1. The Labute approximate surface area is 105 Å². The molecule has 1 unspecified atom stereocenters. The number of nitrogens with zero attached hydrogens (tertiary/aromatic N) is 3. The van der Waals surface area contributed by atoms with Crippen LogP contribution in [0, 0.1) is 0 Å². The van der Waals surface area contributed by atoms with Crippen LogP contribution in [0.1, 0.15) is 5.56 Å². The van der Waals surface area contributed by atoms with Crippen LogP contribution in [0.4, 0.5) is 0 Å². The molecule has 0 radical (unpaired) electrons. The Morgan fingerprint density at radius 1 is 1.12 bits per heavy atom. The molecule has 3 aromatic rings. The molecule has 0 aliphatic carbocycles. The van der Waals surface area contributed by atoms with Gasteiger partial charge in [-0.1, -0.05) is 0 Å². The van der Waals surface area contributed by atoms with Gasteiger partial charge in [-0.2, -0.15) is 0 Å². The summed E-state index contributed by atoms with van der Waals surface area (Å²) in [5.74, 6) is 0. The Kier molecular flexibility index (Phi) is 2.88. The van der Waals surface area contributed by atoms with E-state index in [1.807, 2.05) is 6.07 Å². The average molecular weight is 286 g/mol. The van der Waals surface area contributed by atoms with Crippen LogP contribution >= 0.6 is 0 Å². The van der Waals surface area contributed by atoms with E-state index in [9.17, 15) is 0 Å². The van der Waals surface area contributed by atoms with E-state index in [2.05, 4.69) is 44.2 Å². The summed E-state index contributed by atoms with van der Waals surface area (Å²) in [6.07, 6.45) is 3.45. The number of benzene rings is 1. The van der Waals surface area contributed by atoms with Crippen molar-refractivity contribution >= 4 is 31.5 Å². The summed E-state index contributed by atoms with van der Waals surface area (Å²) < 4.78 is 0.977. The molecule has 0 aliphatic rings. The Morgan fingerprint density at radius 3 is 2.88 bits per heavy atom. The van der Waals surface area contributed by atoms with Crippen LogP contribution in [0.2, 0.25) is 0 Å². The van der Waals surface area contributed by atoms with Gasteiger partial charge in [-0.3, -0.25) is 0 Å². The van der Waals surface area contributed by atoms with E-state index in [1.54, 1.807) is 12.5 Å². The van der Waals surface area contributed by atoms with Gasteiger partial charge in [0.1, 0.15) is 0 Å². The predicted molar refractivity (Wildman–Crippen MR) is 68.6 cm³/mol. The van der Waals surface area contributed by atoms with Crippen LogP contribution in [-0.4, -0.2) is 35.7 Å². The minimum absolute atomic E-state index is 0.317. The Bertz CT molecular complexity index is 620. The van der Waals surface area contributed by atoms with E-state index >= 15 is 0 Å². The number of fused-ring (bicyclic) bond motifs is 1. The van der Waals surface area contributed by atoms with Crippen LogP contribution in [0.15, 0.2) is 42.9 Å². The third kappa shape index (κ3) is 2.37. The summed E-state index contributed by atoms with van der Waals surface area (Å²) in [6, 6.07) is 10.5. The van der Waals surface area contributed by atoms with Crippen molar-refractivity contribution in [2.45, 2.75) is 5.21 Å². The Hall–Kier alpha value is -1.67. The molecule has 0 amide bonds. The molecule has 1 N–H and O–H groups in total. The number of aromatic amines is 1. The zero-order valence-corrected chi connectivity index (χ0v) is 11.2. The second-order valence-electron chi connectivity index (χ2n) is 3.67. The van der Waals surface area contributed by atoms with Crippen molar-refractivity contribution in [1.29, 1.82) is 0 Å². The van der Waals surface area contributed by atoms with Gasteiger partial charge in [-0.25, -0.2) is 0 Å². The summed E-state index contributed by atoms with van der Waals surface area (Å²) in [5, 5.41) is 1.08. The maximum absolute atomic E-state index is 4.48. The molecular weight excluding hydrogens is 275 g/mol. The van der Waals surface area contributed by atoms with Crippen molar-refractivity contribution in [3.05, 3.63) is 48.4 Å². The fourth-order valence-corrected chi connectivity index (χ4v) is 3.58. The number of rotatable bonds is 3. The molecule has 84 valence electrons. The fourth-order valence-electron chi connectivity index (χ4n) is 1.60. The van der Waals surface area contributed by atoms with Crippen molar-refractivity contribution in [1.82, 2.24) is 19.9 Å². The van der Waals surface area contributed by atoms with Gasteiger partial charge in [0.25, 0.3) is 0 Å². The van der Waals surface area contributed by atoms with Gasteiger partial charge in [0.15, 0.2) is 0 Å². The van der Waals surface area contributed by atoms with Gasteiger partial charge in [0.05, 0.1) is 0 Å². The molecule has 3 rings (SSSR count). The van der Waals surface area contributed by atoms with Crippen LogP contribution in [0.5, 0.6) is 0 Å². The van der Waals surface area contributed by atoms with E-state index in [1.165, 1.54) is 5.56 Å². The third-order valence-electron chi connectivity index (χ3n) is 2.47. The molecule has 17 heavy (non-hydrogen) atoms. The van der Waals surface area contributed by atoms with Crippen molar-refractivity contribution in [3.8, 4) is 0 Å². The van der Waals surface area contributed by atoms with Crippen molar-refractivity contribution in [2.24, 2.45) is 0 Å². The van der Waals surface area contributed by atoms with Gasteiger partial charge in [0.2, 0.25) is 0 Å². The monoisotopic (exact) mass is 286 g/mol. The third-order valence-corrected chi connectivity index (χ3v) is 4.86. The molecule has 0 saturated carbocycles. The minimum atomic E-state index is -0.317. The van der Waals surface area contributed by atoms with Crippen LogP contribution < -0.4 is 4.61 Å². The van der Waals surface area contributed by atoms with Crippen molar-refractivity contribution < 1.29 is 0 Å². The fraction of sp³-hybridized carbons (Fsp3) is 0.0833. The molecule has 0 saturated heterocycles. The summed E-state index contributed by atoms with van der Waals surface area (Å²) >= 11 is -0.317. The number of imidazole rings is 1. The zero-order valence-electron chi connectivity index (χ0n) is 9.09. The van der Waals surface area contributed by atoms with Crippen LogP contribution in [0.25, 0.3) is 11.2 Å². The van der Waals surface area contributed by atoms with Crippen LogP contribution in [-0.2, 0) is 5.21 Å². The second-order valence-corrected chi connectivity index (χ2v) is 6.09. The van der Waals surface area contributed by atoms with Gasteiger partial charge in [-0.05, 0) is 0 Å². The van der Waals surface area contributed by atoms with E-state index in [0.717, 1.165) is 21.0 Å². The first-order valence-electron chi connectivity index (χ1n) is 5.36.